The van der Waals surface area contributed by atoms with Gasteiger partial charge in [0.15, 0.2) is 6.61 Å². The van der Waals surface area contributed by atoms with Crippen LogP contribution in [0.3, 0.4) is 0 Å². The van der Waals surface area contributed by atoms with Crippen LogP contribution in [0.15, 0.2) is 78.9 Å². The zero-order valence-corrected chi connectivity index (χ0v) is 15.4. The molecule has 4 heteroatoms. The summed E-state index contributed by atoms with van der Waals surface area (Å²) in [6.45, 7) is 2.50. The quantitative estimate of drug-likeness (QED) is 0.633. The van der Waals surface area contributed by atoms with Gasteiger partial charge in [-0.3, -0.25) is 4.79 Å². The first-order chi connectivity index (χ1) is 13.2. The second-order valence-electron chi connectivity index (χ2n) is 6.06. The number of anilines is 1. The summed E-state index contributed by atoms with van der Waals surface area (Å²) in [7, 11) is 0. The molecule has 0 aliphatic heterocycles. The number of benzene rings is 3. The van der Waals surface area contributed by atoms with Crippen molar-refractivity contribution in [2.24, 2.45) is 0 Å². The molecule has 0 heterocycles. The van der Waals surface area contributed by atoms with Crippen LogP contribution in [-0.4, -0.2) is 19.1 Å². The molecule has 4 nitrogen and oxygen atoms in total. The van der Waals surface area contributed by atoms with Gasteiger partial charge in [-0.1, -0.05) is 48.5 Å². The predicted octanol–water partition coefficient (Wildman–Crippen LogP) is 4.69. The van der Waals surface area contributed by atoms with Gasteiger partial charge in [0, 0.05) is 5.69 Å². The van der Waals surface area contributed by atoms with Gasteiger partial charge in [0.2, 0.25) is 0 Å². The smallest absolute Gasteiger partial charge is 0.262 e. The average molecular weight is 361 g/mol. The van der Waals surface area contributed by atoms with E-state index in [1.807, 2.05) is 61.5 Å². The number of carbonyl (C=O) groups is 1. The van der Waals surface area contributed by atoms with Crippen LogP contribution in [0.1, 0.15) is 18.1 Å². The van der Waals surface area contributed by atoms with E-state index in [-0.39, 0.29) is 12.5 Å². The molecule has 0 aliphatic carbocycles. The topological polar surface area (TPSA) is 47.6 Å². The Hall–Kier alpha value is -3.27. The van der Waals surface area contributed by atoms with Crippen molar-refractivity contribution in [3.63, 3.8) is 0 Å². The van der Waals surface area contributed by atoms with E-state index in [0.29, 0.717) is 12.4 Å². The highest BCUT2D eigenvalue weighted by Crippen LogP contribution is 2.20. The van der Waals surface area contributed by atoms with Gasteiger partial charge in [-0.05, 0) is 54.8 Å². The number of hydrogen-bond acceptors (Lipinski definition) is 3. The third kappa shape index (κ3) is 5.61. The molecule has 138 valence electrons. The Balaban J connectivity index is 1.57. The SMILES string of the molecule is CCOc1ccc(OCC(=O)Nc2ccccc2Cc2ccccc2)cc1. The Morgan fingerprint density at radius 1 is 0.815 bits per heavy atom. The zero-order chi connectivity index (χ0) is 18.9. The van der Waals surface area contributed by atoms with Crippen LogP contribution in [0, 0.1) is 0 Å². The first kappa shape index (κ1) is 18.5. The predicted molar refractivity (Wildman–Crippen MR) is 107 cm³/mol. The molecule has 0 fully saturated rings. The Morgan fingerprint density at radius 3 is 2.15 bits per heavy atom. The van der Waals surface area contributed by atoms with E-state index in [9.17, 15) is 4.79 Å². The van der Waals surface area contributed by atoms with Crippen molar-refractivity contribution in [3.05, 3.63) is 90.0 Å². The molecule has 0 spiro atoms. The molecule has 0 aliphatic rings. The van der Waals surface area contributed by atoms with Gasteiger partial charge < -0.3 is 14.8 Å². The van der Waals surface area contributed by atoms with Crippen LogP contribution >= 0.6 is 0 Å². The fourth-order valence-electron chi connectivity index (χ4n) is 2.75. The second kappa shape index (κ2) is 9.43. The fraction of sp³-hybridized carbons (Fsp3) is 0.174. The minimum atomic E-state index is -0.190. The van der Waals surface area contributed by atoms with Crippen molar-refractivity contribution in [2.75, 3.05) is 18.5 Å². The van der Waals surface area contributed by atoms with Gasteiger partial charge in [0.25, 0.3) is 5.91 Å². The number of para-hydroxylation sites is 1. The molecule has 0 saturated heterocycles. The number of rotatable bonds is 8. The van der Waals surface area contributed by atoms with E-state index in [1.54, 1.807) is 12.1 Å². The van der Waals surface area contributed by atoms with Gasteiger partial charge in [-0.25, -0.2) is 0 Å². The second-order valence-corrected chi connectivity index (χ2v) is 6.06. The Labute approximate surface area is 159 Å². The summed E-state index contributed by atoms with van der Waals surface area (Å²) < 4.78 is 11.0. The highest BCUT2D eigenvalue weighted by atomic mass is 16.5. The van der Waals surface area contributed by atoms with Crippen molar-refractivity contribution >= 4 is 11.6 Å². The van der Waals surface area contributed by atoms with Gasteiger partial charge in [-0.2, -0.15) is 0 Å². The lowest BCUT2D eigenvalue weighted by Gasteiger charge is -2.12. The summed E-state index contributed by atoms with van der Waals surface area (Å²) in [4.78, 5) is 12.3. The van der Waals surface area contributed by atoms with Crippen LogP contribution in [-0.2, 0) is 11.2 Å². The summed E-state index contributed by atoms with van der Waals surface area (Å²) >= 11 is 0. The van der Waals surface area contributed by atoms with Crippen LogP contribution < -0.4 is 14.8 Å². The van der Waals surface area contributed by atoms with Crippen LogP contribution in [0.25, 0.3) is 0 Å². The molecule has 0 bridgehead atoms. The molecule has 0 unspecified atom stereocenters. The van der Waals surface area contributed by atoms with E-state index < -0.39 is 0 Å². The molecule has 1 amide bonds. The summed E-state index contributed by atoms with van der Waals surface area (Å²) in [6.07, 6.45) is 0.761. The highest BCUT2D eigenvalue weighted by molar-refractivity contribution is 5.92. The van der Waals surface area contributed by atoms with Gasteiger partial charge >= 0.3 is 0 Å². The number of ether oxygens (including phenoxy) is 2. The van der Waals surface area contributed by atoms with Crippen molar-refractivity contribution in [2.45, 2.75) is 13.3 Å². The van der Waals surface area contributed by atoms with Crippen LogP contribution in [0.2, 0.25) is 0 Å². The zero-order valence-electron chi connectivity index (χ0n) is 15.4. The average Bonchev–Trinajstić information content (AvgIpc) is 2.70. The molecule has 3 aromatic carbocycles. The van der Waals surface area contributed by atoms with Crippen LogP contribution in [0.4, 0.5) is 5.69 Å². The lowest BCUT2D eigenvalue weighted by molar-refractivity contribution is -0.118. The van der Waals surface area contributed by atoms with E-state index in [0.717, 1.165) is 23.4 Å². The van der Waals surface area contributed by atoms with Gasteiger partial charge in [0.05, 0.1) is 6.61 Å². The maximum absolute atomic E-state index is 12.3. The standard InChI is InChI=1S/C23H23NO3/c1-2-26-20-12-14-21(15-13-20)27-17-23(25)24-22-11-7-6-10-19(22)16-18-8-4-3-5-9-18/h3-15H,2,16-17H2,1H3,(H,24,25). The van der Waals surface area contributed by atoms with Crippen molar-refractivity contribution in [1.29, 1.82) is 0 Å². The summed E-state index contributed by atoms with van der Waals surface area (Å²) in [5.74, 6) is 1.22. The molecule has 27 heavy (non-hydrogen) atoms. The number of nitrogens with one attached hydrogen (secondary N) is 1. The largest absolute Gasteiger partial charge is 0.494 e. The first-order valence-electron chi connectivity index (χ1n) is 9.02. The highest BCUT2D eigenvalue weighted by Gasteiger charge is 2.08. The molecular weight excluding hydrogens is 338 g/mol. The Kier molecular flexibility index (Phi) is 6.47. The normalized spacial score (nSPS) is 10.3. The molecule has 1 N–H and O–H groups in total. The van der Waals surface area contributed by atoms with E-state index in [2.05, 4.69) is 17.4 Å². The molecule has 3 aromatic rings. The Bertz CT molecular complexity index is 860. The summed E-state index contributed by atoms with van der Waals surface area (Å²) in [6, 6.07) is 25.2. The van der Waals surface area contributed by atoms with Gasteiger partial charge in [-0.15, -0.1) is 0 Å². The van der Waals surface area contributed by atoms with Crippen molar-refractivity contribution < 1.29 is 14.3 Å². The van der Waals surface area contributed by atoms with Crippen molar-refractivity contribution in [1.82, 2.24) is 0 Å². The summed E-state index contributed by atoms with van der Waals surface area (Å²) in [5, 5.41) is 2.94. The molecule has 0 aromatic heterocycles. The maximum atomic E-state index is 12.3. The van der Waals surface area contributed by atoms with Crippen LogP contribution in [0.5, 0.6) is 11.5 Å². The fourth-order valence-corrected chi connectivity index (χ4v) is 2.75. The first-order valence-corrected chi connectivity index (χ1v) is 9.02. The lowest BCUT2D eigenvalue weighted by atomic mass is 10.0. The molecular formula is C23H23NO3. The lowest BCUT2D eigenvalue weighted by Crippen LogP contribution is -2.21. The molecule has 0 saturated carbocycles. The minimum absolute atomic E-state index is 0.0480. The molecule has 0 radical (unpaired) electrons. The monoisotopic (exact) mass is 361 g/mol. The molecule has 3 rings (SSSR count). The van der Waals surface area contributed by atoms with E-state index in [1.165, 1.54) is 5.56 Å². The van der Waals surface area contributed by atoms with E-state index in [4.69, 9.17) is 9.47 Å². The summed E-state index contributed by atoms with van der Waals surface area (Å²) in [5.41, 5.74) is 3.07. The number of carbonyl (C=O) groups excluding carboxylic acids is 1. The third-order valence-corrected chi connectivity index (χ3v) is 4.03. The maximum Gasteiger partial charge on any atom is 0.262 e. The third-order valence-electron chi connectivity index (χ3n) is 4.03. The molecule has 0 atom stereocenters. The van der Waals surface area contributed by atoms with Gasteiger partial charge in [0.1, 0.15) is 11.5 Å². The van der Waals surface area contributed by atoms with E-state index >= 15 is 0 Å². The Morgan fingerprint density at radius 2 is 1.44 bits per heavy atom. The van der Waals surface area contributed by atoms with Crippen molar-refractivity contribution in [3.8, 4) is 11.5 Å². The minimum Gasteiger partial charge on any atom is -0.494 e. The number of hydrogen-bond donors (Lipinski definition) is 1. The number of amides is 1.